The van der Waals surface area contributed by atoms with Crippen LogP contribution in [0.3, 0.4) is 0 Å². The van der Waals surface area contributed by atoms with Gasteiger partial charge in [-0.15, -0.1) is 0 Å². The summed E-state index contributed by atoms with van der Waals surface area (Å²) in [6.07, 6.45) is 0. The second kappa shape index (κ2) is 7.55. The molecule has 0 saturated heterocycles. The van der Waals surface area contributed by atoms with E-state index in [0.717, 1.165) is 6.54 Å². The fourth-order valence-electron chi connectivity index (χ4n) is 2.23. The van der Waals surface area contributed by atoms with Gasteiger partial charge in [-0.25, -0.2) is 4.79 Å². The van der Waals surface area contributed by atoms with E-state index in [1.54, 1.807) is 19.1 Å². The number of nitrogens with two attached hydrogens (primary N) is 1. The van der Waals surface area contributed by atoms with Crippen LogP contribution in [0.2, 0.25) is 5.02 Å². The summed E-state index contributed by atoms with van der Waals surface area (Å²) in [5.41, 5.74) is 7.42. The second-order valence-electron chi connectivity index (χ2n) is 5.76. The first kappa shape index (κ1) is 17.6. The lowest BCUT2D eigenvalue weighted by Crippen LogP contribution is -2.35. The average molecular weight is 313 g/mol. The molecule has 0 radical (unpaired) electrons. The van der Waals surface area contributed by atoms with Crippen molar-refractivity contribution in [2.24, 2.45) is 5.92 Å². The van der Waals surface area contributed by atoms with Crippen LogP contribution in [0, 0.1) is 5.92 Å². The molecule has 1 rings (SSSR count). The van der Waals surface area contributed by atoms with Crippen molar-refractivity contribution in [1.29, 1.82) is 0 Å². The van der Waals surface area contributed by atoms with Gasteiger partial charge >= 0.3 is 5.97 Å². The van der Waals surface area contributed by atoms with Crippen LogP contribution in [0.25, 0.3) is 0 Å². The molecule has 0 atom stereocenters. The summed E-state index contributed by atoms with van der Waals surface area (Å²) in [5.74, 6) is 0.0483. The van der Waals surface area contributed by atoms with Crippen LogP contribution in [0.4, 0.5) is 11.4 Å². The molecule has 0 unspecified atom stereocenters. The number of halogens is 1. The van der Waals surface area contributed by atoms with Crippen molar-refractivity contribution in [2.45, 2.75) is 40.7 Å². The Kier molecular flexibility index (Phi) is 6.34. The Labute approximate surface area is 132 Å². The first-order valence-electron chi connectivity index (χ1n) is 7.30. The first-order valence-corrected chi connectivity index (χ1v) is 7.68. The lowest BCUT2D eigenvalue weighted by atomic mass is 10.1. The molecule has 0 aliphatic carbocycles. The summed E-state index contributed by atoms with van der Waals surface area (Å²) >= 11 is 6.37. The van der Waals surface area contributed by atoms with Crippen LogP contribution in [0.1, 0.15) is 45.0 Å². The third-order valence-electron chi connectivity index (χ3n) is 3.05. The largest absolute Gasteiger partial charge is 0.462 e. The summed E-state index contributed by atoms with van der Waals surface area (Å²) < 4.78 is 5.13. The van der Waals surface area contributed by atoms with E-state index in [1.165, 1.54) is 0 Å². The monoisotopic (exact) mass is 312 g/mol. The summed E-state index contributed by atoms with van der Waals surface area (Å²) in [7, 11) is 0. The Morgan fingerprint density at radius 2 is 1.95 bits per heavy atom. The number of carbonyl (C=O) groups is 1. The van der Waals surface area contributed by atoms with Crippen molar-refractivity contribution < 1.29 is 9.53 Å². The van der Waals surface area contributed by atoms with Gasteiger partial charge in [0.25, 0.3) is 0 Å². The number of ether oxygens (including phenoxy) is 1. The first-order chi connectivity index (χ1) is 9.77. The Balaban J connectivity index is 3.39. The van der Waals surface area contributed by atoms with Crippen LogP contribution in [-0.4, -0.2) is 25.2 Å². The molecule has 5 heteroatoms. The minimum atomic E-state index is -0.392. The van der Waals surface area contributed by atoms with Crippen LogP contribution in [-0.2, 0) is 4.74 Å². The molecule has 0 spiro atoms. The van der Waals surface area contributed by atoms with E-state index in [1.807, 2.05) is 0 Å². The van der Waals surface area contributed by atoms with Gasteiger partial charge in [0.05, 0.1) is 22.9 Å². The quantitative estimate of drug-likeness (QED) is 0.638. The average Bonchev–Trinajstić information content (AvgIpc) is 2.35. The van der Waals surface area contributed by atoms with Crippen LogP contribution < -0.4 is 10.6 Å². The zero-order valence-electron chi connectivity index (χ0n) is 13.4. The number of benzene rings is 1. The highest BCUT2D eigenvalue weighted by Gasteiger charge is 2.24. The molecule has 0 aromatic heterocycles. The fourth-order valence-corrected chi connectivity index (χ4v) is 2.57. The van der Waals surface area contributed by atoms with E-state index in [9.17, 15) is 4.79 Å². The molecule has 0 saturated carbocycles. The van der Waals surface area contributed by atoms with Gasteiger partial charge in [0.2, 0.25) is 0 Å². The standard InChI is InChI=1S/C16H25ClN2O2/c1-6-21-16(20)13-7-12(18)8-14(17)15(13)19(11(4)5)9-10(2)3/h7-8,10-11H,6,9,18H2,1-5H3. The van der Waals surface area contributed by atoms with Gasteiger partial charge in [-0.05, 0) is 38.8 Å². The van der Waals surface area contributed by atoms with E-state index in [2.05, 4.69) is 32.6 Å². The number of hydrogen-bond donors (Lipinski definition) is 1. The highest BCUT2D eigenvalue weighted by molar-refractivity contribution is 6.34. The Hall–Kier alpha value is -1.42. The number of rotatable bonds is 6. The van der Waals surface area contributed by atoms with E-state index >= 15 is 0 Å². The van der Waals surface area contributed by atoms with Crippen molar-refractivity contribution in [3.63, 3.8) is 0 Å². The molecule has 0 bridgehead atoms. The highest BCUT2D eigenvalue weighted by Crippen LogP contribution is 2.34. The zero-order valence-corrected chi connectivity index (χ0v) is 14.2. The number of anilines is 2. The predicted octanol–water partition coefficient (Wildman–Crippen LogP) is 3.97. The van der Waals surface area contributed by atoms with Gasteiger partial charge in [0.1, 0.15) is 0 Å². The number of nitrogen functional groups attached to an aromatic ring is 1. The summed E-state index contributed by atoms with van der Waals surface area (Å²) in [4.78, 5) is 14.3. The molecular formula is C16H25ClN2O2. The molecule has 1 aromatic carbocycles. The molecule has 0 aliphatic rings. The van der Waals surface area contributed by atoms with E-state index in [-0.39, 0.29) is 6.04 Å². The molecular weight excluding hydrogens is 288 g/mol. The number of carbonyl (C=O) groups excluding carboxylic acids is 1. The number of esters is 1. The maximum Gasteiger partial charge on any atom is 0.340 e. The number of nitrogens with zero attached hydrogens (tertiary/aromatic N) is 1. The Morgan fingerprint density at radius 1 is 1.33 bits per heavy atom. The van der Waals surface area contributed by atoms with Crippen LogP contribution >= 0.6 is 11.6 Å². The van der Waals surface area contributed by atoms with Gasteiger partial charge in [0.15, 0.2) is 0 Å². The normalized spacial score (nSPS) is 11.0. The van der Waals surface area contributed by atoms with Crippen LogP contribution in [0.5, 0.6) is 0 Å². The molecule has 118 valence electrons. The van der Waals surface area contributed by atoms with E-state index < -0.39 is 5.97 Å². The van der Waals surface area contributed by atoms with Gasteiger partial charge in [-0.1, -0.05) is 25.4 Å². The Morgan fingerprint density at radius 3 is 2.43 bits per heavy atom. The maximum atomic E-state index is 12.2. The van der Waals surface area contributed by atoms with Crippen molar-refractivity contribution in [2.75, 3.05) is 23.8 Å². The fraction of sp³-hybridized carbons (Fsp3) is 0.562. The lowest BCUT2D eigenvalue weighted by Gasteiger charge is -2.33. The van der Waals surface area contributed by atoms with E-state index in [4.69, 9.17) is 22.1 Å². The minimum absolute atomic E-state index is 0.210. The minimum Gasteiger partial charge on any atom is -0.462 e. The molecule has 1 aromatic rings. The van der Waals surface area contributed by atoms with E-state index in [0.29, 0.717) is 34.5 Å². The van der Waals surface area contributed by atoms with Gasteiger partial charge < -0.3 is 15.4 Å². The zero-order chi connectivity index (χ0) is 16.2. The Bertz CT molecular complexity index is 501. The number of hydrogen-bond acceptors (Lipinski definition) is 4. The molecule has 0 heterocycles. The molecule has 4 nitrogen and oxygen atoms in total. The van der Waals surface area contributed by atoms with Crippen LogP contribution in [0.15, 0.2) is 12.1 Å². The smallest absolute Gasteiger partial charge is 0.340 e. The molecule has 0 fully saturated rings. The summed E-state index contributed by atoms with van der Waals surface area (Å²) in [6.45, 7) is 11.3. The third kappa shape index (κ3) is 4.53. The lowest BCUT2D eigenvalue weighted by molar-refractivity contribution is 0.0527. The maximum absolute atomic E-state index is 12.2. The molecule has 21 heavy (non-hydrogen) atoms. The predicted molar refractivity (Wildman–Crippen MR) is 89.1 cm³/mol. The van der Waals surface area contributed by atoms with Gasteiger partial charge in [0, 0.05) is 18.3 Å². The van der Waals surface area contributed by atoms with Gasteiger partial charge in [-0.3, -0.25) is 0 Å². The highest BCUT2D eigenvalue weighted by atomic mass is 35.5. The van der Waals surface area contributed by atoms with Crippen molar-refractivity contribution in [1.82, 2.24) is 0 Å². The third-order valence-corrected chi connectivity index (χ3v) is 3.34. The molecule has 0 amide bonds. The van der Waals surface area contributed by atoms with Crippen molar-refractivity contribution in [3.05, 3.63) is 22.7 Å². The topological polar surface area (TPSA) is 55.6 Å². The van der Waals surface area contributed by atoms with Crippen molar-refractivity contribution >= 4 is 28.9 Å². The molecule has 0 aliphatic heterocycles. The molecule has 2 N–H and O–H groups in total. The van der Waals surface area contributed by atoms with Gasteiger partial charge in [-0.2, -0.15) is 0 Å². The van der Waals surface area contributed by atoms with Crippen molar-refractivity contribution in [3.8, 4) is 0 Å². The summed E-state index contributed by atoms with van der Waals surface area (Å²) in [6, 6.07) is 3.52. The SMILES string of the molecule is CCOC(=O)c1cc(N)cc(Cl)c1N(CC(C)C)C(C)C. The summed E-state index contributed by atoms with van der Waals surface area (Å²) in [5, 5.41) is 0.479. The second-order valence-corrected chi connectivity index (χ2v) is 6.17.